The average molecular weight is 331 g/mol. The second-order valence-corrected chi connectivity index (χ2v) is 5.26. The highest BCUT2D eigenvalue weighted by Gasteiger charge is 2.29. The van der Waals surface area contributed by atoms with Crippen LogP contribution in [0.5, 0.6) is 0 Å². The summed E-state index contributed by atoms with van der Waals surface area (Å²) in [5, 5.41) is 5.34. The Hall–Kier alpha value is -1.80. The van der Waals surface area contributed by atoms with Crippen LogP contribution in [0, 0.1) is 0 Å². The van der Waals surface area contributed by atoms with Crippen molar-refractivity contribution in [2.24, 2.45) is 0 Å². The molecule has 1 aromatic rings. The van der Waals surface area contributed by atoms with Crippen molar-refractivity contribution >= 4 is 6.03 Å². The van der Waals surface area contributed by atoms with Gasteiger partial charge in [-0.1, -0.05) is 12.1 Å². The first-order chi connectivity index (χ1) is 10.9. The van der Waals surface area contributed by atoms with Gasteiger partial charge in [0.2, 0.25) is 0 Å². The van der Waals surface area contributed by atoms with Crippen LogP contribution in [0.15, 0.2) is 24.3 Å². The molecule has 0 aliphatic carbocycles. The standard InChI is InChI=1S/C15H20F3N3O2/c16-15(17,18)13-3-1-12(2-4-13)11-20-14(22)19-5-6-21-7-9-23-10-8-21/h1-4H,5-11H2,(H2,19,20,22). The van der Waals surface area contributed by atoms with E-state index in [1.165, 1.54) is 12.1 Å². The summed E-state index contributed by atoms with van der Waals surface area (Å²) in [4.78, 5) is 13.8. The molecule has 2 N–H and O–H groups in total. The van der Waals surface area contributed by atoms with Crippen molar-refractivity contribution in [3.63, 3.8) is 0 Å². The Morgan fingerprint density at radius 1 is 1.13 bits per heavy atom. The zero-order chi connectivity index (χ0) is 16.7. The highest BCUT2D eigenvalue weighted by atomic mass is 19.4. The number of rotatable bonds is 5. The van der Waals surface area contributed by atoms with E-state index in [0.29, 0.717) is 25.3 Å². The van der Waals surface area contributed by atoms with Gasteiger partial charge in [-0.2, -0.15) is 13.2 Å². The van der Waals surface area contributed by atoms with Crippen molar-refractivity contribution in [1.82, 2.24) is 15.5 Å². The maximum absolute atomic E-state index is 12.4. The number of carbonyl (C=O) groups excluding carboxylic acids is 1. The first-order valence-electron chi connectivity index (χ1n) is 7.43. The molecule has 2 amide bonds. The quantitative estimate of drug-likeness (QED) is 0.866. The number of ether oxygens (including phenoxy) is 1. The van der Waals surface area contributed by atoms with Crippen LogP contribution in [0.1, 0.15) is 11.1 Å². The van der Waals surface area contributed by atoms with E-state index in [1.54, 1.807) is 0 Å². The van der Waals surface area contributed by atoms with Crippen molar-refractivity contribution in [3.8, 4) is 0 Å². The number of halogens is 3. The summed E-state index contributed by atoms with van der Waals surface area (Å²) in [6.45, 7) is 4.57. The molecule has 0 atom stereocenters. The highest BCUT2D eigenvalue weighted by Crippen LogP contribution is 2.28. The molecule has 0 bridgehead atoms. The third-order valence-electron chi connectivity index (χ3n) is 3.55. The van der Waals surface area contributed by atoms with E-state index in [2.05, 4.69) is 15.5 Å². The average Bonchev–Trinajstić information content (AvgIpc) is 2.53. The van der Waals surface area contributed by atoms with Gasteiger partial charge in [-0.15, -0.1) is 0 Å². The second kappa shape index (κ2) is 8.16. The zero-order valence-electron chi connectivity index (χ0n) is 12.7. The third-order valence-corrected chi connectivity index (χ3v) is 3.55. The number of hydrogen-bond donors (Lipinski definition) is 2. The molecule has 0 radical (unpaired) electrons. The lowest BCUT2D eigenvalue weighted by molar-refractivity contribution is -0.137. The molecule has 128 valence electrons. The maximum Gasteiger partial charge on any atom is 0.416 e. The van der Waals surface area contributed by atoms with Crippen molar-refractivity contribution in [2.75, 3.05) is 39.4 Å². The van der Waals surface area contributed by atoms with Crippen molar-refractivity contribution in [1.29, 1.82) is 0 Å². The first-order valence-corrected chi connectivity index (χ1v) is 7.43. The molecule has 0 saturated carbocycles. The topological polar surface area (TPSA) is 53.6 Å². The number of urea groups is 1. The van der Waals surface area contributed by atoms with Gasteiger partial charge in [-0.05, 0) is 17.7 Å². The number of morpholine rings is 1. The minimum absolute atomic E-state index is 0.182. The SMILES string of the molecule is O=C(NCCN1CCOCC1)NCc1ccc(C(F)(F)F)cc1. The van der Waals surface area contributed by atoms with Crippen LogP contribution < -0.4 is 10.6 Å². The fourth-order valence-corrected chi connectivity index (χ4v) is 2.21. The Labute approximate surface area is 132 Å². The molecular weight excluding hydrogens is 311 g/mol. The Balaban J connectivity index is 1.65. The van der Waals surface area contributed by atoms with Crippen LogP contribution in [-0.4, -0.2) is 50.3 Å². The van der Waals surface area contributed by atoms with E-state index in [1.807, 2.05) is 0 Å². The minimum atomic E-state index is -4.34. The van der Waals surface area contributed by atoms with Crippen molar-refractivity contribution < 1.29 is 22.7 Å². The summed E-state index contributed by atoms with van der Waals surface area (Å²) in [6.07, 6.45) is -4.34. The van der Waals surface area contributed by atoms with Gasteiger partial charge < -0.3 is 15.4 Å². The molecular formula is C15H20F3N3O2. The molecule has 2 rings (SSSR count). The molecule has 1 saturated heterocycles. The molecule has 0 unspecified atom stereocenters. The van der Waals surface area contributed by atoms with Crippen LogP contribution in [0.3, 0.4) is 0 Å². The minimum Gasteiger partial charge on any atom is -0.379 e. The first kappa shape index (κ1) is 17.6. The van der Waals surface area contributed by atoms with E-state index >= 15 is 0 Å². The molecule has 5 nitrogen and oxygen atoms in total. The van der Waals surface area contributed by atoms with E-state index in [0.717, 1.165) is 31.8 Å². The summed E-state index contributed by atoms with van der Waals surface area (Å²) in [6, 6.07) is 4.40. The molecule has 8 heteroatoms. The fraction of sp³-hybridized carbons (Fsp3) is 0.533. The molecule has 0 aromatic heterocycles. The van der Waals surface area contributed by atoms with Gasteiger partial charge in [-0.3, -0.25) is 4.90 Å². The van der Waals surface area contributed by atoms with Crippen LogP contribution in [0.4, 0.5) is 18.0 Å². The van der Waals surface area contributed by atoms with E-state index in [-0.39, 0.29) is 12.6 Å². The van der Waals surface area contributed by atoms with Gasteiger partial charge in [0.05, 0.1) is 18.8 Å². The van der Waals surface area contributed by atoms with Crippen LogP contribution in [0.2, 0.25) is 0 Å². The normalized spacial score (nSPS) is 16.1. The van der Waals surface area contributed by atoms with Crippen LogP contribution >= 0.6 is 0 Å². The molecule has 1 aliphatic heterocycles. The smallest absolute Gasteiger partial charge is 0.379 e. The van der Waals surface area contributed by atoms with Gasteiger partial charge in [0.15, 0.2) is 0 Å². The Bertz CT molecular complexity index is 500. The Morgan fingerprint density at radius 3 is 2.39 bits per heavy atom. The van der Waals surface area contributed by atoms with Gasteiger partial charge in [-0.25, -0.2) is 4.79 Å². The number of benzene rings is 1. The number of carbonyl (C=O) groups is 1. The van der Waals surface area contributed by atoms with E-state index in [4.69, 9.17) is 4.74 Å². The molecule has 23 heavy (non-hydrogen) atoms. The summed E-state index contributed by atoms with van der Waals surface area (Å²) in [5.41, 5.74) is -0.0856. The summed E-state index contributed by atoms with van der Waals surface area (Å²) in [5.74, 6) is 0. The van der Waals surface area contributed by atoms with Gasteiger partial charge >= 0.3 is 12.2 Å². The molecule has 0 spiro atoms. The lowest BCUT2D eigenvalue weighted by Gasteiger charge is -2.26. The fourth-order valence-electron chi connectivity index (χ4n) is 2.21. The van der Waals surface area contributed by atoms with Gasteiger partial charge in [0.1, 0.15) is 0 Å². The number of amides is 2. The predicted molar refractivity (Wildman–Crippen MR) is 78.9 cm³/mol. The summed E-state index contributed by atoms with van der Waals surface area (Å²) >= 11 is 0. The molecule has 1 fully saturated rings. The number of alkyl halides is 3. The predicted octanol–water partition coefficient (Wildman–Crippen LogP) is 1.84. The Kier molecular flexibility index (Phi) is 6.23. The van der Waals surface area contributed by atoms with E-state index < -0.39 is 11.7 Å². The monoisotopic (exact) mass is 331 g/mol. The number of nitrogens with zero attached hydrogens (tertiary/aromatic N) is 1. The summed E-state index contributed by atoms with van der Waals surface area (Å²) < 4.78 is 42.5. The highest BCUT2D eigenvalue weighted by molar-refractivity contribution is 5.73. The van der Waals surface area contributed by atoms with Gasteiger partial charge in [0.25, 0.3) is 0 Å². The maximum atomic E-state index is 12.4. The largest absolute Gasteiger partial charge is 0.416 e. The van der Waals surface area contributed by atoms with Gasteiger partial charge in [0, 0.05) is 32.7 Å². The number of nitrogens with one attached hydrogen (secondary N) is 2. The van der Waals surface area contributed by atoms with Crippen molar-refractivity contribution in [2.45, 2.75) is 12.7 Å². The lowest BCUT2D eigenvalue weighted by atomic mass is 10.1. The third kappa shape index (κ3) is 6.07. The lowest BCUT2D eigenvalue weighted by Crippen LogP contribution is -2.43. The van der Waals surface area contributed by atoms with Crippen molar-refractivity contribution in [3.05, 3.63) is 35.4 Å². The van der Waals surface area contributed by atoms with E-state index in [9.17, 15) is 18.0 Å². The zero-order valence-corrected chi connectivity index (χ0v) is 12.7. The molecule has 1 aliphatic rings. The Morgan fingerprint density at radius 2 is 1.78 bits per heavy atom. The summed E-state index contributed by atoms with van der Waals surface area (Å²) in [7, 11) is 0. The number of hydrogen-bond acceptors (Lipinski definition) is 3. The van der Waals surface area contributed by atoms with Crippen LogP contribution in [-0.2, 0) is 17.5 Å². The van der Waals surface area contributed by atoms with Crippen LogP contribution in [0.25, 0.3) is 0 Å². The second-order valence-electron chi connectivity index (χ2n) is 5.26. The molecule has 1 heterocycles. The molecule has 1 aromatic carbocycles.